The van der Waals surface area contributed by atoms with Crippen molar-refractivity contribution in [1.82, 2.24) is 0 Å². The summed E-state index contributed by atoms with van der Waals surface area (Å²) in [6.07, 6.45) is 6.92. The fraction of sp³-hybridized carbons (Fsp3) is 0.647. The highest BCUT2D eigenvalue weighted by Gasteiger charge is 2.22. The Balaban J connectivity index is 2.12. The second kappa shape index (κ2) is 7.33. The van der Waals surface area contributed by atoms with E-state index < -0.39 is 0 Å². The minimum absolute atomic E-state index is 0.168. The third kappa shape index (κ3) is 4.13. The van der Waals surface area contributed by atoms with Gasteiger partial charge in [0, 0.05) is 6.04 Å². The lowest BCUT2D eigenvalue weighted by Crippen LogP contribution is -2.26. The van der Waals surface area contributed by atoms with Gasteiger partial charge in [0.1, 0.15) is 5.75 Å². The molecular formula is C17H26ClNO. The van der Waals surface area contributed by atoms with Crippen LogP contribution < -0.4 is 10.5 Å². The van der Waals surface area contributed by atoms with Crippen LogP contribution >= 0.6 is 11.6 Å². The molecule has 3 heteroatoms. The maximum absolute atomic E-state index is 6.35. The Morgan fingerprint density at radius 2 is 2.20 bits per heavy atom. The third-order valence-electron chi connectivity index (χ3n) is 4.23. The molecule has 1 aliphatic carbocycles. The molecule has 20 heavy (non-hydrogen) atoms. The number of hydrogen-bond donors (Lipinski definition) is 1. The Labute approximate surface area is 127 Å². The van der Waals surface area contributed by atoms with Crippen molar-refractivity contribution in [2.24, 2.45) is 11.7 Å². The highest BCUT2D eigenvalue weighted by molar-refractivity contribution is 6.32. The van der Waals surface area contributed by atoms with E-state index in [4.69, 9.17) is 22.1 Å². The fourth-order valence-electron chi connectivity index (χ4n) is 2.93. The van der Waals surface area contributed by atoms with Gasteiger partial charge in [0.25, 0.3) is 0 Å². The van der Waals surface area contributed by atoms with Crippen LogP contribution in [0.4, 0.5) is 0 Å². The van der Waals surface area contributed by atoms with Gasteiger partial charge in [0.05, 0.1) is 11.1 Å². The molecule has 1 saturated carbocycles. The van der Waals surface area contributed by atoms with Crippen LogP contribution in [0.1, 0.15) is 51.5 Å². The minimum Gasteiger partial charge on any atom is -0.489 e. The summed E-state index contributed by atoms with van der Waals surface area (Å²) in [5.41, 5.74) is 7.22. The zero-order chi connectivity index (χ0) is 14.5. The van der Waals surface area contributed by atoms with Gasteiger partial charge in [-0.3, -0.25) is 0 Å². The molecule has 2 nitrogen and oxygen atoms in total. The first-order valence-corrected chi connectivity index (χ1v) is 8.17. The maximum Gasteiger partial charge on any atom is 0.141 e. The van der Waals surface area contributed by atoms with Crippen molar-refractivity contribution in [3.8, 4) is 5.75 Å². The van der Waals surface area contributed by atoms with E-state index in [0.717, 1.165) is 42.9 Å². The molecule has 0 bridgehead atoms. The van der Waals surface area contributed by atoms with Crippen LogP contribution in [0.2, 0.25) is 5.02 Å². The van der Waals surface area contributed by atoms with Crippen LogP contribution in [0.25, 0.3) is 0 Å². The van der Waals surface area contributed by atoms with Crippen LogP contribution in [0.3, 0.4) is 0 Å². The second-order valence-corrected chi connectivity index (χ2v) is 6.52. The summed E-state index contributed by atoms with van der Waals surface area (Å²) < 4.78 is 6.25. The number of benzene rings is 1. The van der Waals surface area contributed by atoms with Gasteiger partial charge in [0.2, 0.25) is 0 Å². The molecule has 1 aromatic rings. The van der Waals surface area contributed by atoms with Crippen LogP contribution in [0.5, 0.6) is 5.75 Å². The lowest BCUT2D eigenvalue weighted by atomic mass is 9.88. The topological polar surface area (TPSA) is 35.2 Å². The van der Waals surface area contributed by atoms with Gasteiger partial charge in [0.15, 0.2) is 0 Å². The van der Waals surface area contributed by atoms with E-state index in [1.807, 2.05) is 12.1 Å². The largest absolute Gasteiger partial charge is 0.489 e. The molecule has 2 N–H and O–H groups in total. The highest BCUT2D eigenvalue weighted by atomic mass is 35.5. The molecule has 0 amide bonds. The van der Waals surface area contributed by atoms with Crippen molar-refractivity contribution in [2.75, 3.05) is 0 Å². The summed E-state index contributed by atoms with van der Waals surface area (Å²) in [7, 11) is 0. The SMILES string of the molecule is CCC(N)Cc1cccc(Cl)c1OC1CCCC(C)C1. The molecule has 1 aromatic carbocycles. The summed E-state index contributed by atoms with van der Waals surface area (Å²) in [6.45, 7) is 4.41. The minimum atomic E-state index is 0.168. The molecule has 3 atom stereocenters. The zero-order valence-electron chi connectivity index (χ0n) is 12.6. The summed E-state index contributed by atoms with van der Waals surface area (Å²) in [5, 5.41) is 0.712. The van der Waals surface area contributed by atoms with E-state index >= 15 is 0 Å². The van der Waals surface area contributed by atoms with Crippen LogP contribution in [0.15, 0.2) is 18.2 Å². The molecule has 1 aliphatic rings. The van der Waals surface area contributed by atoms with Crippen molar-refractivity contribution >= 4 is 11.6 Å². The van der Waals surface area contributed by atoms with Crippen molar-refractivity contribution in [3.63, 3.8) is 0 Å². The molecule has 0 heterocycles. The smallest absolute Gasteiger partial charge is 0.141 e. The molecular weight excluding hydrogens is 270 g/mol. The van der Waals surface area contributed by atoms with E-state index in [0.29, 0.717) is 11.1 Å². The first kappa shape index (κ1) is 15.7. The number of para-hydroxylation sites is 1. The number of hydrogen-bond acceptors (Lipinski definition) is 2. The molecule has 2 rings (SSSR count). The summed E-state index contributed by atoms with van der Waals surface area (Å²) >= 11 is 6.35. The molecule has 0 aliphatic heterocycles. The molecule has 0 radical (unpaired) electrons. The average molecular weight is 296 g/mol. The Kier molecular flexibility index (Phi) is 5.74. The van der Waals surface area contributed by atoms with E-state index in [9.17, 15) is 0 Å². The molecule has 3 unspecified atom stereocenters. The standard InChI is InChI=1S/C17H26ClNO/c1-3-14(19)11-13-7-5-9-16(18)17(13)20-15-8-4-6-12(2)10-15/h5,7,9,12,14-15H,3-4,6,8,10-11,19H2,1-2H3. The Morgan fingerprint density at radius 1 is 1.40 bits per heavy atom. The lowest BCUT2D eigenvalue weighted by Gasteiger charge is -2.29. The van der Waals surface area contributed by atoms with Gasteiger partial charge in [-0.15, -0.1) is 0 Å². The quantitative estimate of drug-likeness (QED) is 0.863. The van der Waals surface area contributed by atoms with Crippen molar-refractivity contribution in [2.45, 2.75) is 64.5 Å². The molecule has 0 saturated heterocycles. The Bertz CT molecular complexity index is 435. The van der Waals surface area contributed by atoms with Gasteiger partial charge in [-0.25, -0.2) is 0 Å². The zero-order valence-corrected chi connectivity index (χ0v) is 13.3. The van der Waals surface area contributed by atoms with Gasteiger partial charge >= 0.3 is 0 Å². The average Bonchev–Trinajstić information content (AvgIpc) is 2.42. The normalized spacial score (nSPS) is 24.4. The maximum atomic E-state index is 6.35. The molecule has 0 aromatic heterocycles. The molecule has 0 spiro atoms. The molecule has 1 fully saturated rings. The van der Waals surface area contributed by atoms with Crippen LogP contribution in [0, 0.1) is 5.92 Å². The predicted molar refractivity (Wildman–Crippen MR) is 85.5 cm³/mol. The molecule has 112 valence electrons. The lowest BCUT2D eigenvalue weighted by molar-refractivity contribution is 0.128. The van der Waals surface area contributed by atoms with Gasteiger partial charge in [-0.05, 0) is 49.7 Å². The number of halogens is 1. The van der Waals surface area contributed by atoms with Crippen LogP contribution in [-0.4, -0.2) is 12.1 Å². The Hall–Kier alpha value is -0.730. The van der Waals surface area contributed by atoms with E-state index in [1.54, 1.807) is 0 Å². The number of rotatable bonds is 5. The first-order valence-electron chi connectivity index (χ1n) is 7.79. The fourth-order valence-corrected chi connectivity index (χ4v) is 3.16. The van der Waals surface area contributed by atoms with Crippen molar-refractivity contribution < 1.29 is 4.74 Å². The number of ether oxygens (including phenoxy) is 1. The van der Waals surface area contributed by atoms with E-state index in [1.165, 1.54) is 12.8 Å². The summed E-state index contributed by atoms with van der Waals surface area (Å²) in [5.74, 6) is 1.61. The van der Waals surface area contributed by atoms with E-state index in [2.05, 4.69) is 19.9 Å². The summed E-state index contributed by atoms with van der Waals surface area (Å²) in [6, 6.07) is 6.14. The van der Waals surface area contributed by atoms with Gasteiger partial charge < -0.3 is 10.5 Å². The monoisotopic (exact) mass is 295 g/mol. The summed E-state index contributed by atoms with van der Waals surface area (Å²) in [4.78, 5) is 0. The van der Waals surface area contributed by atoms with Crippen LogP contribution in [-0.2, 0) is 6.42 Å². The second-order valence-electron chi connectivity index (χ2n) is 6.11. The number of nitrogens with two attached hydrogens (primary N) is 1. The Morgan fingerprint density at radius 3 is 2.90 bits per heavy atom. The van der Waals surface area contributed by atoms with E-state index in [-0.39, 0.29) is 6.04 Å². The van der Waals surface area contributed by atoms with Gasteiger partial charge in [-0.2, -0.15) is 0 Å². The predicted octanol–water partition coefficient (Wildman–Crippen LogP) is 4.58. The highest BCUT2D eigenvalue weighted by Crippen LogP contribution is 2.34. The van der Waals surface area contributed by atoms with Gasteiger partial charge in [-0.1, -0.05) is 44.0 Å². The van der Waals surface area contributed by atoms with Crippen molar-refractivity contribution in [1.29, 1.82) is 0 Å². The van der Waals surface area contributed by atoms with Crippen molar-refractivity contribution in [3.05, 3.63) is 28.8 Å². The third-order valence-corrected chi connectivity index (χ3v) is 4.53. The first-order chi connectivity index (χ1) is 9.60.